The van der Waals surface area contributed by atoms with Crippen LogP contribution in [-0.2, 0) is 0 Å². The first-order valence-electron chi connectivity index (χ1n) is 10.6. The molecule has 0 spiro atoms. The minimum Gasteiger partial charge on any atom is -0.461 e. The average molecular weight is 429 g/mol. The summed E-state index contributed by atoms with van der Waals surface area (Å²) >= 11 is 0. The molecule has 32 heavy (non-hydrogen) atoms. The van der Waals surface area contributed by atoms with E-state index >= 15 is 0 Å². The van der Waals surface area contributed by atoms with Gasteiger partial charge >= 0.3 is 0 Å². The van der Waals surface area contributed by atoms with Gasteiger partial charge in [0.1, 0.15) is 17.7 Å². The van der Waals surface area contributed by atoms with E-state index in [4.69, 9.17) is 4.42 Å². The third-order valence-corrected chi connectivity index (χ3v) is 5.86. The molecule has 0 radical (unpaired) electrons. The maximum absolute atomic E-state index is 13.3. The number of rotatable bonds is 3. The predicted octanol–water partition coefficient (Wildman–Crippen LogP) is 3.31. The number of carbonyl (C=O) groups is 2. The Bertz CT molecular complexity index is 1290. The van der Waals surface area contributed by atoms with E-state index in [1.807, 2.05) is 73.3 Å². The molecule has 8 nitrogen and oxygen atoms in total. The summed E-state index contributed by atoms with van der Waals surface area (Å²) in [6.45, 7) is 5.03. The molecule has 162 valence electrons. The number of fused-ring (bicyclic) bond motifs is 1. The molecule has 8 heteroatoms. The third kappa shape index (κ3) is 3.43. The van der Waals surface area contributed by atoms with Crippen molar-refractivity contribution in [1.82, 2.24) is 24.6 Å². The molecule has 1 aliphatic rings. The van der Waals surface area contributed by atoms with Crippen molar-refractivity contribution in [3.63, 3.8) is 0 Å². The van der Waals surface area contributed by atoms with Gasteiger partial charge in [-0.25, -0.2) is 9.67 Å². The number of carbonyl (C=O) groups excluding carboxylic acids is 2. The minimum absolute atomic E-state index is 0.0708. The van der Waals surface area contributed by atoms with E-state index in [2.05, 4.69) is 10.1 Å². The molecule has 1 aliphatic heterocycles. The normalized spacial score (nSPS) is 16.5. The number of amides is 2. The smallest absolute Gasteiger partial charge is 0.293 e. The molecular formula is C24H23N5O3. The van der Waals surface area contributed by atoms with Crippen molar-refractivity contribution in [1.29, 1.82) is 0 Å². The zero-order valence-electron chi connectivity index (χ0n) is 17.9. The van der Waals surface area contributed by atoms with E-state index in [9.17, 15) is 9.59 Å². The molecular weight excluding hydrogens is 406 g/mol. The number of piperazine rings is 1. The lowest BCUT2D eigenvalue weighted by Crippen LogP contribution is -2.55. The fourth-order valence-corrected chi connectivity index (χ4v) is 4.23. The number of aryl methyl sites for hydroxylation is 1. The van der Waals surface area contributed by atoms with Gasteiger partial charge in [-0.3, -0.25) is 9.59 Å². The molecule has 2 aromatic carbocycles. The van der Waals surface area contributed by atoms with Crippen LogP contribution in [0.4, 0.5) is 0 Å². The molecule has 5 rings (SSSR count). The third-order valence-electron chi connectivity index (χ3n) is 5.86. The fourth-order valence-electron chi connectivity index (χ4n) is 4.23. The lowest BCUT2D eigenvalue weighted by molar-refractivity contribution is 0.0408. The van der Waals surface area contributed by atoms with Crippen LogP contribution in [0.2, 0.25) is 0 Å². The molecule has 4 aromatic rings. The standard InChI is InChI=1S/C24H23N5O3/c1-16-14-27(24(31)22-25-15-29(26-22)18-8-4-3-5-9-18)12-13-28(16)23(30)21-17(2)32-20-11-7-6-10-19(20)21/h3-11,15-16H,12-14H2,1-2H3. The summed E-state index contributed by atoms with van der Waals surface area (Å²) in [6.07, 6.45) is 1.54. The van der Waals surface area contributed by atoms with E-state index in [1.165, 1.54) is 0 Å². The average Bonchev–Trinajstić information content (AvgIpc) is 3.43. The Labute approximate surface area is 185 Å². The largest absolute Gasteiger partial charge is 0.461 e. The quantitative estimate of drug-likeness (QED) is 0.499. The molecule has 3 heterocycles. The monoisotopic (exact) mass is 429 g/mol. The summed E-state index contributed by atoms with van der Waals surface area (Å²) in [7, 11) is 0. The van der Waals surface area contributed by atoms with Gasteiger partial charge in [0.2, 0.25) is 5.82 Å². The highest BCUT2D eigenvalue weighted by Gasteiger charge is 2.33. The summed E-state index contributed by atoms with van der Waals surface area (Å²) in [4.78, 5) is 34.1. The van der Waals surface area contributed by atoms with Gasteiger partial charge in [0.15, 0.2) is 0 Å². The van der Waals surface area contributed by atoms with Crippen LogP contribution in [0.25, 0.3) is 16.7 Å². The Hall–Kier alpha value is -3.94. The van der Waals surface area contributed by atoms with Crippen LogP contribution in [0.5, 0.6) is 0 Å². The summed E-state index contributed by atoms with van der Waals surface area (Å²) in [5, 5.41) is 5.16. The van der Waals surface area contributed by atoms with Crippen LogP contribution in [0, 0.1) is 6.92 Å². The molecule has 2 aromatic heterocycles. The van der Waals surface area contributed by atoms with Crippen LogP contribution in [0.1, 0.15) is 33.7 Å². The molecule has 1 fully saturated rings. The molecule has 0 N–H and O–H groups in total. The SMILES string of the molecule is Cc1oc2ccccc2c1C(=O)N1CCN(C(=O)c2ncn(-c3ccccc3)n2)CC1C. The predicted molar refractivity (Wildman–Crippen MR) is 119 cm³/mol. The summed E-state index contributed by atoms with van der Waals surface area (Å²) in [5.74, 6) is 0.456. The number of hydrogen-bond acceptors (Lipinski definition) is 5. The van der Waals surface area contributed by atoms with Crippen molar-refractivity contribution >= 4 is 22.8 Å². The molecule has 0 saturated carbocycles. The van der Waals surface area contributed by atoms with Crippen LogP contribution >= 0.6 is 0 Å². The van der Waals surface area contributed by atoms with E-state index in [-0.39, 0.29) is 23.7 Å². The fraction of sp³-hybridized carbons (Fsp3) is 0.250. The first-order chi connectivity index (χ1) is 15.5. The van der Waals surface area contributed by atoms with Crippen molar-refractivity contribution in [3.8, 4) is 5.69 Å². The first-order valence-corrected chi connectivity index (χ1v) is 10.6. The Morgan fingerprint density at radius 2 is 1.75 bits per heavy atom. The van der Waals surface area contributed by atoms with Gasteiger partial charge in [-0.05, 0) is 32.0 Å². The highest BCUT2D eigenvalue weighted by molar-refractivity contribution is 6.07. The Kier molecular flexibility index (Phi) is 4.97. The van der Waals surface area contributed by atoms with Crippen molar-refractivity contribution in [3.05, 3.63) is 78.1 Å². The van der Waals surface area contributed by atoms with Crippen molar-refractivity contribution in [2.45, 2.75) is 19.9 Å². The zero-order chi connectivity index (χ0) is 22.2. The van der Waals surface area contributed by atoms with Gasteiger partial charge in [-0.1, -0.05) is 36.4 Å². The summed E-state index contributed by atoms with van der Waals surface area (Å²) in [5.41, 5.74) is 2.14. The van der Waals surface area contributed by atoms with Gasteiger partial charge in [0, 0.05) is 31.1 Å². The molecule has 1 saturated heterocycles. The number of nitrogens with zero attached hydrogens (tertiary/aromatic N) is 5. The first kappa shape index (κ1) is 20.0. The van der Waals surface area contributed by atoms with Gasteiger partial charge in [0.25, 0.3) is 11.8 Å². The second-order valence-electron chi connectivity index (χ2n) is 7.98. The maximum Gasteiger partial charge on any atom is 0.293 e. The molecule has 0 bridgehead atoms. The Morgan fingerprint density at radius 1 is 1.00 bits per heavy atom. The number of benzene rings is 2. The van der Waals surface area contributed by atoms with Gasteiger partial charge in [-0.15, -0.1) is 5.10 Å². The number of furan rings is 1. The van der Waals surface area contributed by atoms with Crippen molar-refractivity contribution in [2.75, 3.05) is 19.6 Å². The van der Waals surface area contributed by atoms with Gasteiger partial charge < -0.3 is 14.2 Å². The summed E-state index contributed by atoms with van der Waals surface area (Å²) < 4.78 is 7.36. The number of aromatic nitrogens is 3. The Balaban J connectivity index is 1.31. The maximum atomic E-state index is 13.3. The number of para-hydroxylation sites is 2. The number of hydrogen-bond donors (Lipinski definition) is 0. The van der Waals surface area contributed by atoms with E-state index < -0.39 is 0 Å². The second kappa shape index (κ2) is 7.96. The molecule has 1 unspecified atom stereocenters. The molecule has 2 amide bonds. The summed E-state index contributed by atoms with van der Waals surface area (Å²) in [6, 6.07) is 16.9. The van der Waals surface area contributed by atoms with Crippen LogP contribution in [-0.4, -0.2) is 62.1 Å². The molecule has 1 atom stereocenters. The molecule has 0 aliphatic carbocycles. The highest BCUT2D eigenvalue weighted by atomic mass is 16.3. The van der Waals surface area contributed by atoms with Gasteiger partial charge in [-0.2, -0.15) is 0 Å². The van der Waals surface area contributed by atoms with Crippen LogP contribution < -0.4 is 0 Å². The van der Waals surface area contributed by atoms with Gasteiger partial charge in [0.05, 0.1) is 11.3 Å². The topological polar surface area (TPSA) is 84.5 Å². The highest BCUT2D eigenvalue weighted by Crippen LogP contribution is 2.28. The van der Waals surface area contributed by atoms with E-state index in [1.54, 1.807) is 15.9 Å². The lowest BCUT2D eigenvalue weighted by Gasteiger charge is -2.39. The van der Waals surface area contributed by atoms with Crippen molar-refractivity contribution in [2.24, 2.45) is 0 Å². The lowest BCUT2D eigenvalue weighted by atomic mass is 10.1. The van der Waals surface area contributed by atoms with E-state index in [0.29, 0.717) is 36.5 Å². The van der Waals surface area contributed by atoms with Crippen LogP contribution in [0.3, 0.4) is 0 Å². The Morgan fingerprint density at radius 3 is 2.53 bits per heavy atom. The minimum atomic E-state index is -0.233. The zero-order valence-corrected chi connectivity index (χ0v) is 17.9. The second-order valence-corrected chi connectivity index (χ2v) is 7.98. The van der Waals surface area contributed by atoms with Crippen LogP contribution in [0.15, 0.2) is 65.3 Å². The van der Waals surface area contributed by atoms with Crippen molar-refractivity contribution < 1.29 is 14.0 Å². The van der Waals surface area contributed by atoms with E-state index in [0.717, 1.165) is 11.1 Å².